The first-order valence-corrected chi connectivity index (χ1v) is 6.12. The van der Waals surface area contributed by atoms with E-state index in [1.165, 1.54) is 5.56 Å². The molecule has 0 aliphatic rings. The maximum absolute atomic E-state index is 5.64. The molecule has 3 nitrogen and oxygen atoms in total. The van der Waals surface area contributed by atoms with Gasteiger partial charge in [0.2, 0.25) is 0 Å². The van der Waals surface area contributed by atoms with Gasteiger partial charge in [0, 0.05) is 12.6 Å². The van der Waals surface area contributed by atoms with Crippen LogP contribution in [0.5, 0.6) is 5.75 Å². The number of benzene rings is 1. The summed E-state index contributed by atoms with van der Waals surface area (Å²) < 4.78 is 5.64. The van der Waals surface area contributed by atoms with E-state index in [4.69, 9.17) is 4.74 Å². The Hall–Kier alpha value is -1.06. The van der Waals surface area contributed by atoms with Gasteiger partial charge in [-0.1, -0.05) is 12.1 Å². The van der Waals surface area contributed by atoms with Crippen LogP contribution >= 0.6 is 0 Å². The smallest absolute Gasteiger partial charge is 0.119 e. The van der Waals surface area contributed by atoms with Crippen molar-refractivity contribution >= 4 is 0 Å². The second kappa shape index (κ2) is 6.62. The standard InChI is InChI=1S/C14H24N2O/c1-11(2)17-13-8-6-12(7-9-13)14(10-15-3)16(4)5/h6-9,11,14-15H,10H2,1-5H3. The van der Waals surface area contributed by atoms with Crippen molar-refractivity contribution in [2.24, 2.45) is 0 Å². The quantitative estimate of drug-likeness (QED) is 0.820. The second-order valence-corrected chi connectivity index (χ2v) is 4.77. The molecule has 0 amide bonds. The molecule has 0 bridgehead atoms. The van der Waals surface area contributed by atoms with Crippen LogP contribution in [-0.2, 0) is 0 Å². The van der Waals surface area contributed by atoms with Crippen molar-refractivity contribution in [3.8, 4) is 5.75 Å². The van der Waals surface area contributed by atoms with Crippen molar-refractivity contribution in [1.82, 2.24) is 10.2 Å². The van der Waals surface area contributed by atoms with Gasteiger partial charge in [0.1, 0.15) is 5.75 Å². The summed E-state index contributed by atoms with van der Waals surface area (Å²) in [5.74, 6) is 0.936. The predicted octanol–water partition coefficient (Wildman–Crippen LogP) is 2.30. The first-order valence-electron chi connectivity index (χ1n) is 6.12. The minimum atomic E-state index is 0.225. The minimum Gasteiger partial charge on any atom is -0.491 e. The lowest BCUT2D eigenvalue weighted by atomic mass is 10.1. The number of hydrogen-bond donors (Lipinski definition) is 1. The van der Waals surface area contributed by atoms with Crippen molar-refractivity contribution in [2.75, 3.05) is 27.7 Å². The summed E-state index contributed by atoms with van der Waals surface area (Å²) in [6.07, 6.45) is 0.225. The van der Waals surface area contributed by atoms with Gasteiger partial charge in [0.15, 0.2) is 0 Å². The van der Waals surface area contributed by atoms with E-state index in [1.807, 2.05) is 33.0 Å². The average molecular weight is 236 g/mol. The Bertz CT molecular complexity index is 319. The summed E-state index contributed by atoms with van der Waals surface area (Å²) >= 11 is 0. The normalized spacial score (nSPS) is 13.1. The number of nitrogens with zero attached hydrogens (tertiary/aromatic N) is 1. The predicted molar refractivity (Wildman–Crippen MR) is 72.6 cm³/mol. The Kier molecular flexibility index (Phi) is 5.45. The van der Waals surface area contributed by atoms with Crippen LogP contribution in [0.2, 0.25) is 0 Å². The molecule has 1 aromatic carbocycles. The summed E-state index contributed by atoms with van der Waals surface area (Å²) in [5, 5.41) is 3.22. The Morgan fingerprint density at radius 3 is 2.18 bits per heavy atom. The SMILES string of the molecule is CNCC(c1ccc(OC(C)C)cc1)N(C)C. The minimum absolute atomic E-state index is 0.225. The third-order valence-corrected chi connectivity index (χ3v) is 2.66. The van der Waals surface area contributed by atoms with E-state index in [0.717, 1.165) is 12.3 Å². The van der Waals surface area contributed by atoms with E-state index >= 15 is 0 Å². The Morgan fingerprint density at radius 2 is 1.76 bits per heavy atom. The highest BCUT2D eigenvalue weighted by atomic mass is 16.5. The largest absolute Gasteiger partial charge is 0.491 e. The van der Waals surface area contributed by atoms with E-state index in [1.54, 1.807) is 0 Å². The molecule has 0 radical (unpaired) electrons. The van der Waals surface area contributed by atoms with Crippen molar-refractivity contribution < 1.29 is 4.74 Å². The highest BCUT2D eigenvalue weighted by Gasteiger charge is 2.12. The Labute approximate surface area is 105 Å². The summed E-state index contributed by atoms with van der Waals surface area (Å²) in [5.41, 5.74) is 1.31. The van der Waals surface area contributed by atoms with E-state index in [9.17, 15) is 0 Å². The summed E-state index contributed by atoms with van der Waals surface area (Å²) in [7, 11) is 6.17. The lowest BCUT2D eigenvalue weighted by Gasteiger charge is -2.24. The van der Waals surface area contributed by atoms with Gasteiger partial charge in [-0.15, -0.1) is 0 Å². The molecule has 0 spiro atoms. The highest BCUT2D eigenvalue weighted by molar-refractivity contribution is 5.29. The van der Waals surface area contributed by atoms with Crippen LogP contribution in [0.25, 0.3) is 0 Å². The van der Waals surface area contributed by atoms with Gasteiger partial charge in [-0.3, -0.25) is 0 Å². The molecular weight excluding hydrogens is 212 g/mol. The first-order chi connectivity index (χ1) is 8.04. The van der Waals surface area contributed by atoms with Crippen LogP contribution in [0.4, 0.5) is 0 Å². The van der Waals surface area contributed by atoms with Crippen LogP contribution < -0.4 is 10.1 Å². The molecule has 0 aliphatic heterocycles. The van der Waals surface area contributed by atoms with Gasteiger partial charge in [-0.05, 0) is 52.7 Å². The zero-order valence-electron chi connectivity index (χ0n) is 11.5. The van der Waals surface area contributed by atoms with Crippen LogP contribution in [0.3, 0.4) is 0 Å². The molecule has 1 atom stereocenters. The van der Waals surface area contributed by atoms with Gasteiger partial charge in [0.25, 0.3) is 0 Å². The molecule has 0 aliphatic carbocycles. The third-order valence-electron chi connectivity index (χ3n) is 2.66. The fourth-order valence-corrected chi connectivity index (χ4v) is 1.83. The average Bonchev–Trinajstić information content (AvgIpc) is 2.26. The highest BCUT2D eigenvalue weighted by Crippen LogP contribution is 2.21. The zero-order chi connectivity index (χ0) is 12.8. The first kappa shape index (κ1) is 14.0. The van der Waals surface area contributed by atoms with Crippen LogP contribution in [0.1, 0.15) is 25.5 Å². The number of rotatable bonds is 6. The molecule has 1 unspecified atom stereocenters. The van der Waals surface area contributed by atoms with E-state index in [-0.39, 0.29) is 6.10 Å². The molecule has 3 heteroatoms. The van der Waals surface area contributed by atoms with Crippen molar-refractivity contribution in [3.05, 3.63) is 29.8 Å². The molecule has 1 aromatic rings. The number of nitrogens with one attached hydrogen (secondary N) is 1. The van der Waals surface area contributed by atoms with E-state index in [2.05, 4.69) is 36.4 Å². The lowest BCUT2D eigenvalue weighted by Crippen LogP contribution is -2.29. The molecule has 0 fully saturated rings. The van der Waals surface area contributed by atoms with Crippen LogP contribution in [-0.4, -0.2) is 38.7 Å². The van der Waals surface area contributed by atoms with Gasteiger partial charge in [0.05, 0.1) is 6.10 Å². The van der Waals surface area contributed by atoms with E-state index in [0.29, 0.717) is 6.04 Å². The third kappa shape index (κ3) is 4.36. The Balaban J connectivity index is 2.77. The molecule has 0 heterocycles. The van der Waals surface area contributed by atoms with Crippen molar-refractivity contribution in [3.63, 3.8) is 0 Å². The lowest BCUT2D eigenvalue weighted by molar-refractivity contribution is 0.242. The van der Waals surface area contributed by atoms with Crippen LogP contribution in [0.15, 0.2) is 24.3 Å². The fraction of sp³-hybridized carbons (Fsp3) is 0.571. The molecule has 0 saturated heterocycles. The van der Waals surface area contributed by atoms with Crippen molar-refractivity contribution in [1.29, 1.82) is 0 Å². The summed E-state index contributed by atoms with van der Waals surface area (Å²) in [6.45, 7) is 5.02. The molecule has 0 saturated carbocycles. The molecule has 0 aromatic heterocycles. The monoisotopic (exact) mass is 236 g/mol. The summed E-state index contributed by atoms with van der Waals surface area (Å²) in [4.78, 5) is 2.22. The topological polar surface area (TPSA) is 24.5 Å². The molecule has 96 valence electrons. The second-order valence-electron chi connectivity index (χ2n) is 4.77. The summed E-state index contributed by atoms with van der Waals surface area (Å²) in [6, 6.07) is 8.76. The maximum Gasteiger partial charge on any atom is 0.119 e. The van der Waals surface area contributed by atoms with Gasteiger partial charge >= 0.3 is 0 Å². The zero-order valence-corrected chi connectivity index (χ0v) is 11.5. The van der Waals surface area contributed by atoms with Crippen LogP contribution in [0, 0.1) is 0 Å². The number of likely N-dealkylation sites (N-methyl/N-ethyl adjacent to an activating group) is 2. The van der Waals surface area contributed by atoms with Gasteiger partial charge in [-0.25, -0.2) is 0 Å². The molecule has 1 rings (SSSR count). The fourth-order valence-electron chi connectivity index (χ4n) is 1.83. The number of ether oxygens (including phenoxy) is 1. The van der Waals surface area contributed by atoms with Gasteiger partial charge in [-0.2, -0.15) is 0 Å². The molecule has 1 N–H and O–H groups in total. The van der Waals surface area contributed by atoms with Crippen molar-refractivity contribution in [2.45, 2.75) is 26.0 Å². The number of hydrogen-bond acceptors (Lipinski definition) is 3. The van der Waals surface area contributed by atoms with Gasteiger partial charge < -0.3 is 15.0 Å². The molecular formula is C14H24N2O. The van der Waals surface area contributed by atoms with E-state index < -0.39 is 0 Å². The Morgan fingerprint density at radius 1 is 1.18 bits per heavy atom. The molecule has 17 heavy (non-hydrogen) atoms. The maximum atomic E-state index is 5.64.